The number of amides is 2. The van der Waals surface area contributed by atoms with E-state index in [2.05, 4.69) is 5.32 Å². The Bertz CT molecular complexity index is 291. The van der Waals surface area contributed by atoms with E-state index in [1.807, 2.05) is 0 Å². The van der Waals surface area contributed by atoms with Crippen LogP contribution in [0.3, 0.4) is 0 Å². The molecule has 0 aromatic carbocycles. The predicted octanol–water partition coefficient (Wildman–Crippen LogP) is 0.106. The van der Waals surface area contributed by atoms with Gasteiger partial charge in [-0.3, -0.25) is 4.79 Å². The molecule has 17 heavy (non-hydrogen) atoms. The van der Waals surface area contributed by atoms with Crippen molar-refractivity contribution in [1.82, 2.24) is 10.2 Å². The van der Waals surface area contributed by atoms with E-state index in [1.165, 1.54) is 4.90 Å². The quantitative estimate of drug-likeness (QED) is 0.690. The van der Waals surface area contributed by atoms with Gasteiger partial charge in [0.15, 0.2) is 0 Å². The fourth-order valence-corrected chi connectivity index (χ4v) is 1.86. The highest BCUT2D eigenvalue weighted by molar-refractivity contribution is 5.80. The lowest BCUT2D eigenvalue weighted by atomic mass is 9.95. The average molecular weight is 244 g/mol. The van der Waals surface area contributed by atoms with Gasteiger partial charge in [-0.1, -0.05) is 0 Å². The van der Waals surface area contributed by atoms with Gasteiger partial charge in [0.05, 0.1) is 18.8 Å². The number of nitrogens with zero attached hydrogens (tertiary/aromatic N) is 1. The number of nitrogens with one attached hydrogen (secondary N) is 1. The zero-order valence-corrected chi connectivity index (χ0v) is 10.4. The lowest BCUT2D eigenvalue weighted by Crippen LogP contribution is -2.52. The number of piperidine rings is 1. The highest BCUT2D eigenvalue weighted by Gasteiger charge is 2.30. The van der Waals surface area contributed by atoms with Crippen LogP contribution in [-0.2, 0) is 9.53 Å². The number of urea groups is 1. The highest BCUT2D eigenvalue weighted by atomic mass is 16.5. The Hall–Kier alpha value is -1.30. The van der Waals surface area contributed by atoms with Gasteiger partial charge < -0.3 is 20.1 Å². The molecule has 1 aliphatic rings. The predicted molar refractivity (Wildman–Crippen MR) is 61.5 cm³/mol. The van der Waals surface area contributed by atoms with E-state index < -0.39 is 11.6 Å². The number of hydrogen-bond donors (Lipinski definition) is 2. The van der Waals surface area contributed by atoms with Crippen LogP contribution in [0.1, 0.15) is 26.7 Å². The second-order valence-electron chi connectivity index (χ2n) is 4.49. The van der Waals surface area contributed by atoms with Crippen LogP contribution >= 0.6 is 0 Å². The molecule has 1 fully saturated rings. The van der Waals surface area contributed by atoms with Crippen molar-refractivity contribution in [3.63, 3.8) is 0 Å². The monoisotopic (exact) mass is 244 g/mol. The zero-order valence-electron chi connectivity index (χ0n) is 10.4. The summed E-state index contributed by atoms with van der Waals surface area (Å²) in [6.07, 6.45) is 1.45. The Labute approximate surface area is 101 Å². The van der Waals surface area contributed by atoms with Gasteiger partial charge in [0.2, 0.25) is 0 Å². The van der Waals surface area contributed by atoms with Crippen molar-refractivity contribution >= 4 is 12.0 Å². The summed E-state index contributed by atoms with van der Waals surface area (Å²) in [5.41, 5.74) is -0.834. The molecule has 6 heteroatoms. The number of rotatable bonds is 3. The van der Waals surface area contributed by atoms with Gasteiger partial charge in [-0.2, -0.15) is 0 Å². The molecule has 6 nitrogen and oxygen atoms in total. The van der Waals surface area contributed by atoms with Crippen LogP contribution in [0.15, 0.2) is 0 Å². The Kier molecular flexibility index (Phi) is 4.74. The van der Waals surface area contributed by atoms with Crippen molar-refractivity contribution < 1.29 is 19.4 Å². The van der Waals surface area contributed by atoms with Gasteiger partial charge in [0, 0.05) is 6.54 Å². The van der Waals surface area contributed by atoms with Crippen LogP contribution < -0.4 is 5.32 Å². The molecular formula is C11H20N2O4. The summed E-state index contributed by atoms with van der Waals surface area (Å²) in [5.74, 6) is -0.454. The summed E-state index contributed by atoms with van der Waals surface area (Å²) in [7, 11) is 0. The minimum Gasteiger partial charge on any atom is -0.465 e. The number of β-amino-alcohol motifs (C(OH)–C–C–N with tert-alkyl or cyclic N) is 1. The number of aliphatic hydroxyl groups is 1. The fraction of sp³-hybridized carbons (Fsp3) is 0.818. The van der Waals surface area contributed by atoms with E-state index in [-0.39, 0.29) is 12.6 Å². The molecule has 0 aromatic rings. The smallest absolute Gasteiger partial charge is 0.325 e. The molecule has 98 valence electrons. The van der Waals surface area contributed by atoms with Crippen LogP contribution in [0.5, 0.6) is 0 Å². The first-order chi connectivity index (χ1) is 7.94. The second kappa shape index (κ2) is 5.86. The van der Waals surface area contributed by atoms with E-state index in [9.17, 15) is 14.7 Å². The summed E-state index contributed by atoms with van der Waals surface area (Å²) in [5, 5.41) is 12.3. The molecule has 1 rings (SSSR count). The van der Waals surface area contributed by atoms with Gasteiger partial charge in [-0.25, -0.2) is 4.79 Å². The largest absolute Gasteiger partial charge is 0.465 e. The van der Waals surface area contributed by atoms with Gasteiger partial charge >= 0.3 is 12.0 Å². The van der Waals surface area contributed by atoms with E-state index >= 15 is 0 Å². The van der Waals surface area contributed by atoms with E-state index in [1.54, 1.807) is 13.8 Å². The standard InChI is InChI=1S/C11H20N2O4/c1-3-17-9(14)7-12-10(15)13-6-4-5-11(2,16)8-13/h16H,3-8H2,1-2H3,(H,12,15). The number of hydrogen-bond acceptors (Lipinski definition) is 4. The zero-order chi connectivity index (χ0) is 12.9. The van der Waals surface area contributed by atoms with Crippen molar-refractivity contribution in [2.45, 2.75) is 32.3 Å². The maximum atomic E-state index is 11.7. The summed E-state index contributed by atoms with van der Waals surface area (Å²) in [6.45, 7) is 4.48. The first-order valence-electron chi connectivity index (χ1n) is 5.85. The number of ether oxygens (including phenoxy) is 1. The van der Waals surface area contributed by atoms with Crippen LogP contribution in [-0.4, -0.2) is 53.8 Å². The van der Waals surface area contributed by atoms with Gasteiger partial charge in [-0.15, -0.1) is 0 Å². The number of esters is 1. The SMILES string of the molecule is CCOC(=O)CNC(=O)N1CCCC(C)(O)C1. The minimum atomic E-state index is -0.834. The molecule has 1 unspecified atom stereocenters. The third-order valence-electron chi connectivity index (χ3n) is 2.65. The summed E-state index contributed by atoms with van der Waals surface area (Å²) in [6, 6.07) is -0.335. The normalized spacial score (nSPS) is 24.3. The fourth-order valence-electron chi connectivity index (χ4n) is 1.86. The van der Waals surface area contributed by atoms with E-state index in [0.29, 0.717) is 26.1 Å². The van der Waals surface area contributed by atoms with Crippen molar-refractivity contribution in [1.29, 1.82) is 0 Å². The lowest BCUT2D eigenvalue weighted by molar-refractivity contribution is -0.141. The van der Waals surface area contributed by atoms with Gasteiger partial charge in [-0.05, 0) is 26.7 Å². The summed E-state index contributed by atoms with van der Waals surface area (Å²) < 4.78 is 4.70. The molecule has 1 aliphatic heterocycles. The van der Waals surface area contributed by atoms with Gasteiger partial charge in [0.1, 0.15) is 6.54 Å². The number of likely N-dealkylation sites (tertiary alicyclic amines) is 1. The Balaban J connectivity index is 2.35. The molecule has 0 aromatic heterocycles. The van der Waals surface area contributed by atoms with Gasteiger partial charge in [0.25, 0.3) is 0 Å². The third kappa shape index (κ3) is 4.60. The Morgan fingerprint density at radius 1 is 1.53 bits per heavy atom. The molecule has 2 amide bonds. The highest BCUT2D eigenvalue weighted by Crippen LogP contribution is 2.19. The molecule has 2 N–H and O–H groups in total. The molecular weight excluding hydrogens is 224 g/mol. The van der Waals surface area contributed by atoms with E-state index in [4.69, 9.17) is 4.74 Å². The third-order valence-corrected chi connectivity index (χ3v) is 2.65. The van der Waals surface area contributed by atoms with Crippen LogP contribution in [0.4, 0.5) is 4.79 Å². The topological polar surface area (TPSA) is 78.9 Å². The summed E-state index contributed by atoms with van der Waals surface area (Å²) >= 11 is 0. The molecule has 1 heterocycles. The second-order valence-corrected chi connectivity index (χ2v) is 4.49. The molecule has 1 atom stereocenters. The Morgan fingerprint density at radius 3 is 2.82 bits per heavy atom. The Morgan fingerprint density at radius 2 is 2.24 bits per heavy atom. The molecule has 0 aliphatic carbocycles. The van der Waals surface area contributed by atoms with Crippen LogP contribution in [0.2, 0.25) is 0 Å². The van der Waals surface area contributed by atoms with Crippen LogP contribution in [0, 0.1) is 0 Å². The molecule has 0 spiro atoms. The van der Waals surface area contributed by atoms with E-state index in [0.717, 1.165) is 6.42 Å². The van der Waals surface area contributed by atoms with Crippen LogP contribution in [0.25, 0.3) is 0 Å². The average Bonchev–Trinajstić information content (AvgIpc) is 2.25. The number of carbonyl (C=O) groups excluding carboxylic acids is 2. The van der Waals surface area contributed by atoms with Crippen molar-refractivity contribution in [2.24, 2.45) is 0 Å². The van der Waals surface area contributed by atoms with Crippen molar-refractivity contribution in [3.8, 4) is 0 Å². The van der Waals surface area contributed by atoms with Crippen molar-refractivity contribution in [2.75, 3.05) is 26.2 Å². The first-order valence-corrected chi connectivity index (χ1v) is 5.85. The lowest BCUT2D eigenvalue weighted by Gasteiger charge is -2.36. The maximum absolute atomic E-state index is 11.7. The summed E-state index contributed by atoms with van der Waals surface area (Å²) in [4.78, 5) is 24.3. The molecule has 0 bridgehead atoms. The molecule has 0 radical (unpaired) electrons. The first kappa shape index (κ1) is 13.8. The number of carbonyl (C=O) groups is 2. The maximum Gasteiger partial charge on any atom is 0.325 e. The minimum absolute atomic E-state index is 0.134. The van der Waals surface area contributed by atoms with Crippen molar-refractivity contribution in [3.05, 3.63) is 0 Å². The molecule has 1 saturated heterocycles. The molecule has 0 saturated carbocycles.